The molecule has 1 aromatic carbocycles. The van der Waals surface area contributed by atoms with E-state index >= 15 is 0 Å². The number of anilines is 1. The van der Waals surface area contributed by atoms with Crippen molar-refractivity contribution < 1.29 is 50.7 Å². The van der Waals surface area contributed by atoms with Gasteiger partial charge in [-0.2, -0.15) is 26.3 Å². The number of carbonyl (C=O) groups excluding carboxylic acids is 1. The van der Waals surface area contributed by atoms with Crippen molar-refractivity contribution >= 4 is 17.8 Å². The fourth-order valence-corrected chi connectivity index (χ4v) is 2.47. The lowest BCUT2D eigenvalue weighted by molar-refractivity contribution is -0.376. The van der Waals surface area contributed by atoms with Gasteiger partial charge in [-0.05, 0) is 12.5 Å². The molecule has 0 atom stereocenters. The minimum absolute atomic E-state index is 0.0118. The van der Waals surface area contributed by atoms with Crippen LogP contribution in [-0.4, -0.2) is 46.3 Å². The Labute approximate surface area is 163 Å². The van der Waals surface area contributed by atoms with Gasteiger partial charge >= 0.3 is 24.4 Å². The number of carbonyl (C=O) groups is 2. The molecule has 2 rings (SSSR count). The number of rotatable bonds is 5. The van der Waals surface area contributed by atoms with E-state index < -0.39 is 42.1 Å². The van der Waals surface area contributed by atoms with E-state index in [1.807, 2.05) is 5.32 Å². The van der Waals surface area contributed by atoms with Gasteiger partial charge in [0, 0.05) is 5.56 Å². The zero-order valence-electron chi connectivity index (χ0n) is 14.9. The van der Waals surface area contributed by atoms with Gasteiger partial charge in [0.1, 0.15) is 12.3 Å². The highest BCUT2D eigenvalue weighted by atomic mass is 19.4. The Kier molecular flexibility index (Phi) is 6.02. The number of nitrogens with one attached hydrogen (secondary N) is 2. The standard InChI is InChI=1S/C16H13F6N3O5/c1-7-11(12(25-30-7)24-13(28)23-6-10(26)27)8-2-4-9(5-3-8)14(29,15(17,18)19)16(20,21)22/h2-5,29H,6H2,1H3,(H,26,27)(H2,23,24,25,28). The van der Waals surface area contributed by atoms with Crippen LogP contribution in [0.4, 0.5) is 37.0 Å². The van der Waals surface area contributed by atoms with Gasteiger partial charge in [-0.1, -0.05) is 29.4 Å². The number of nitrogens with zero attached hydrogens (tertiary/aromatic N) is 1. The number of hydrogen-bond donors (Lipinski definition) is 4. The van der Waals surface area contributed by atoms with Gasteiger partial charge < -0.3 is 20.1 Å². The lowest BCUT2D eigenvalue weighted by atomic mass is 9.90. The summed E-state index contributed by atoms with van der Waals surface area (Å²) in [6, 6.07) is 1.55. The van der Waals surface area contributed by atoms with Gasteiger partial charge in [-0.15, -0.1) is 0 Å². The first-order valence-electron chi connectivity index (χ1n) is 7.88. The summed E-state index contributed by atoms with van der Waals surface area (Å²) in [4.78, 5) is 22.1. The highest BCUT2D eigenvalue weighted by Crippen LogP contribution is 2.50. The number of aryl methyl sites for hydroxylation is 1. The second-order valence-corrected chi connectivity index (χ2v) is 5.95. The van der Waals surface area contributed by atoms with Crippen molar-refractivity contribution in [1.82, 2.24) is 10.5 Å². The second kappa shape index (κ2) is 7.85. The van der Waals surface area contributed by atoms with Crippen molar-refractivity contribution in [3.8, 4) is 11.1 Å². The van der Waals surface area contributed by atoms with E-state index in [9.17, 15) is 41.0 Å². The number of amides is 2. The zero-order chi connectivity index (χ0) is 22.9. The average molecular weight is 441 g/mol. The van der Waals surface area contributed by atoms with E-state index in [2.05, 4.69) is 10.5 Å². The number of hydrogen-bond acceptors (Lipinski definition) is 5. The lowest BCUT2D eigenvalue weighted by Crippen LogP contribution is -2.53. The number of carboxylic acids is 1. The van der Waals surface area contributed by atoms with Gasteiger partial charge in [0.15, 0.2) is 5.82 Å². The van der Waals surface area contributed by atoms with Gasteiger partial charge in [-0.3, -0.25) is 10.1 Å². The Morgan fingerprint density at radius 1 is 1.07 bits per heavy atom. The van der Waals surface area contributed by atoms with Crippen molar-refractivity contribution in [2.75, 3.05) is 11.9 Å². The van der Waals surface area contributed by atoms with Crippen molar-refractivity contribution in [3.05, 3.63) is 35.6 Å². The molecule has 164 valence electrons. The summed E-state index contributed by atoms with van der Waals surface area (Å²) in [5.41, 5.74) is -6.51. The van der Waals surface area contributed by atoms with E-state index in [-0.39, 0.29) is 22.7 Å². The Balaban J connectivity index is 2.39. The maximum absolute atomic E-state index is 13.0. The molecule has 0 saturated carbocycles. The summed E-state index contributed by atoms with van der Waals surface area (Å²) < 4.78 is 82.7. The topological polar surface area (TPSA) is 125 Å². The van der Waals surface area contributed by atoms with Crippen LogP contribution >= 0.6 is 0 Å². The van der Waals surface area contributed by atoms with Crippen molar-refractivity contribution in [2.45, 2.75) is 24.9 Å². The van der Waals surface area contributed by atoms with Crippen molar-refractivity contribution in [1.29, 1.82) is 0 Å². The summed E-state index contributed by atoms with van der Waals surface area (Å²) in [5.74, 6) is -1.54. The molecule has 8 nitrogen and oxygen atoms in total. The molecule has 0 aliphatic carbocycles. The Bertz CT molecular complexity index is 922. The Morgan fingerprint density at radius 3 is 2.07 bits per heavy atom. The minimum Gasteiger partial charge on any atom is -0.480 e. The molecule has 4 N–H and O–H groups in total. The van der Waals surface area contributed by atoms with Gasteiger partial charge in [0.05, 0.1) is 5.56 Å². The number of benzene rings is 1. The quantitative estimate of drug-likeness (QED) is 0.529. The van der Waals surface area contributed by atoms with Crippen LogP contribution in [0, 0.1) is 6.92 Å². The monoisotopic (exact) mass is 441 g/mol. The Morgan fingerprint density at radius 2 is 1.60 bits per heavy atom. The molecule has 0 bridgehead atoms. The summed E-state index contributed by atoms with van der Waals surface area (Å²) in [6.45, 7) is 0.637. The SMILES string of the molecule is Cc1onc(NC(=O)NCC(=O)O)c1-c1ccc(C(O)(C(F)(F)F)C(F)(F)F)cc1. The highest BCUT2D eigenvalue weighted by molar-refractivity contribution is 5.94. The first-order valence-corrected chi connectivity index (χ1v) is 7.88. The highest BCUT2D eigenvalue weighted by Gasteiger charge is 2.71. The maximum atomic E-state index is 13.0. The minimum atomic E-state index is -6.03. The first kappa shape index (κ1) is 23.0. The number of aliphatic hydroxyl groups is 1. The summed E-state index contributed by atoms with van der Waals surface area (Å²) in [6.07, 6.45) is -12.1. The van der Waals surface area contributed by atoms with Crippen LogP contribution in [0.5, 0.6) is 0 Å². The second-order valence-electron chi connectivity index (χ2n) is 5.95. The fraction of sp³-hybridized carbons (Fsp3) is 0.312. The molecule has 0 unspecified atom stereocenters. The lowest BCUT2D eigenvalue weighted by Gasteiger charge is -2.32. The van der Waals surface area contributed by atoms with E-state index in [1.54, 1.807) is 0 Å². The number of urea groups is 1. The van der Waals surface area contributed by atoms with Crippen LogP contribution in [0.15, 0.2) is 28.8 Å². The molecule has 1 aromatic heterocycles. The van der Waals surface area contributed by atoms with Crippen LogP contribution < -0.4 is 10.6 Å². The third kappa shape index (κ3) is 4.32. The summed E-state index contributed by atoms with van der Waals surface area (Å²) in [7, 11) is 0. The maximum Gasteiger partial charge on any atom is 0.430 e. The number of aromatic nitrogens is 1. The van der Waals surface area contributed by atoms with Crippen LogP contribution in [0.2, 0.25) is 0 Å². The van der Waals surface area contributed by atoms with Crippen LogP contribution in [0.3, 0.4) is 0 Å². The van der Waals surface area contributed by atoms with Gasteiger partial charge in [-0.25, -0.2) is 4.79 Å². The molecule has 0 fully saturated rings. The van der Waals surface area contributed by atoms with E-state index in [4.69, 9.17) is 9.63 Å². The van der Waals surface area contributed by atoms with E-state index in [0.29, 0.717) is 12.1 Å². The van der Waals surface area contributed by atoms with Gasteiger partial charge in [0.25, 0.3) is 5.60 Å². The third-order valence-electron chi connectivity index (χ3n) is 3.91. The van der Waals surface area contributed by atoms with Crippen molar-refractivity contribution in [2.24, 2.45) is 0 Å². The normalized spacial score (nSPS) is 12.5. The fourth-order valence-electron chi connectivity index (χ4n) is 2.47. The number of halogens is 6. The molecule has 0 spiro atoms. The zero-order valence-corrected chi connectivity index (χ0v) is 14.9. The largest absolute Gasteiger partial charge is 0.480 e. The number of carboxylic acid groups (broad SMARTS) is 1. The molecule has 2 aromatic rings. The first-order chi connectivity index (χ1) is 13.7. The van der Waals surface area contributed by atoms with E-state index in [1.165, 1.54) is 6.92 Å². The molecule has 0 radical (unpaired) electrons. The van der Waals surface area contributed by atoms with E-state index in [0.717, 1.165) is 12.1 Å². The molecule has 14 heteroatoms. The molecule has 0 saturated heterocycles. The smallest absolute Gasteiger partial charge is 0.430 e. The number of alkyl halides is 6. The number of aliphatic carboxylic acids is 1. The molecular formula is C16H13F6N3O5. The molecule has 2 amide bonds. The predicted octanol–water partition coefficient (Wildman–Crippen LogP) is 3.17. The molecule has 0 aliphatic heterocycles. The predicted molar refractivity (Wildman–Crippen MR) is 87.3 cm³/mol. The summed E-state index contributed by atoms with van der Waals surface area (Å²) in [5, 5.41) is 25.6. The molecular weight excluding hydrogens is 428 g/mol. The van der Waals surface area contributed by atoms with Gasteiger partial charge in [0.2, 0.25) is 0 Å². The van der Waals surface area contributed by atoms with Crippen LogP contribution in [0.1, 0.15) is 11.3 Å². The third-order valence-corrected chi connectivity index (χ3v) is 3.91. The Hall–Kier alpha value is -3.29. The van der Waals surface area contributed by atoms with Crippen molar-refractivity contribution in [3.63, 3.8) is 0 Å². The molecule has 1 heterocycles. The average Bonchev–Trinajstić information content (AvgIpc) is 2.97. The van der Waals surface area contributed by atoms with Crippen LogP contribution in [0.25, 0.3) is 11.1 Å². The summed E-state index contributed by atoms with van der Waals surface area (Å²) >= 11 is 0. The molecule has 30 heavy (non-hydrogen) atoms. The van der Waals surface area contributed by atoms with Crippen LogP contribution in [-0.2, 0) is 10.4 Å². The molecule has 0 aliphatic rings.